The van der Waals surface area contributed by atoms with Crippen molar-refractivity contribution in [1.29, 1.82) is 0 Å². The van der Waals surface area contributed by atoms with Gasteiger partial charge in [0.05, 0.1) is 19.8 Å². The van der Waals surface area contributed by atoms with E-state index in [1.54, 1.807) is 0 Å². The molecule has 1 aliphatic rings. The highest BCUT2D eigenvalue weighted by Gasteiger charge is 2.70. The number of nitrogens with zero attached hydrogens (tertiary/aromatic N) is 2. The number of benzene rings is 3. The van der Waals surface area contributed by atoms with Crippen molar-refractivity contribution in [3.05, 3.63) is 100 Å². The second-order valence-electron chi connectivity index (χ2n) is 7.56. The Bertz CT molecular complexity index is 1120. The Morgan fingerprint density at radius 1 is 0.788 bits per heavy atom. The molecule has 0 N–H and O–H groups in total. The Kier molecular flexibility index (Phi) is 7.38. The van der Waals surface area contributed by atoms with Gasteiger partial charge in [-0.25, -0.2) is 0 Å². The molecule has 4 rings (SSSR count). The van der Waals surface area contributed by atoms with Gasteiger partial charge in [0.1, 0.15) is 0 Å². The van der Waals surface area contributed by atoms with Gasteiger partial charge in [-0.2, -0.15) is 13.1 Å². The zero-order chi connectivity index (χ0) is 24.4. The Balaban J connectivity index is 0.000000555. The van der Waals surface area contributed by atoms with Crippen LogP contribution in [0.3, 0.4) is 0 Å². The Morgan fingerprint density at radius 2 is 1.18 bits per heavy atom. The molecule has 1 heterocycles. The predicted molar refractivity (Wildman–Crippen MR) is 128 cm³/mol. The van der Waals surface area contributed by atoms with E-state index >= 15 is 0 Å². The molecule has 3 aromatic rings. The molecule has 0 saturated carbocycles. The first-order valence-corrected chi connectivity index (χ1v) is 11.5. The molecule has 0 aromatic heterocycles. The number of halogens is 6. The van der Waals surface area contributed by atoms with Crippen LogP contribution in [0.5, 0.6) is 0 Å². The molecular weight excluding hydrogens is 498 g/mol. The molecule has 0 aliphatic carbocycles. The third kappa shape index (κ3) is 5.32. The molecule has 33 heavy (non-hydrogen) atoms. The molecule has 0 amide bonds. The van der Waals surface area contributed by atoms with Gasteiger partial charge < -0.3 is 17.3 Å². The Morgan fingerprint density at radius 3 is 1.58 bits per heavy atom. The van der Waals surface area contributed by atoms with E-state index in [-0.39, 0.29) is 3.89 Å². The van der Waals surface area contributed by atoms with E-state index in [4.69, 9.17) is 28.2 Å². The van der Waals surface area contributed by atoms with Crippen molar-refractivity contribution >= 4 is 53.0 Å². The molecule has 1 aliphatic heterocycles. The van der Waals surface area contributed by atoms with E-state index in [0.717, 1.165) is 22.6 Å². The van der Waals surface area contributed by atoms with Crippen molar-refractivity contribution < 1.29 is 25.4 Å². The summed E-state index contributed by atoms with van der Waals surface area (Å²) in [5.74, 6) is 0.807. The molecule has 3 aromatic carbocycles. The van der Waals surface area contributed by atoms with Crippen molar-refractivity contribution in [3.8, 4) is 0 Å². The first kappa shape index (κ1) is 25.4. The highest BCUT2D eigenvalue weighted by Crippen LogP contribution is 2.51. The fourth-order valence-electron chi connectivity index (χ4n) is 3.66. The number of amidine groups is 1. The van der Waals surface area contributed by atoms with Gasteiger partial charge in [-0.3, -0.25) is 0 Å². The summed E-state index contributed by atoms with van der Waals surface area (Å²) in [5.41, 5.74) is 2.61. The molecule has 0 spiro atoms. The van der Waals surface area contributed by atoms with Gasteiger partial charge in [-0.05, 0) is 47.5 Å². The minimum atomic E-state index is -6.00. The van der Waals surface area contributed by atoms with E-state index in [9.17, 15) is 21.5 Å². The second-order valence-corrected chi connectivity index (χ2v) is 10.5. The third-order valence-corrected chi connectivity index (χ3v) is 7.68. The fraction of sp³-hybridized carbons (Fsp3) is 0.136. The zero-order valence-electron chi connectivity index (χ0n) is 17.6. The van der Waals surface area contributed by atoms with E-state index in [0.29, 0.717) is 10.0 Å². The van der Waals surface area contributed by atoms with Crippen LogP contribution in [0.15, 0.2) is 83.9 Å². The van der Waals surface area contributed by atoms with Gasteiger partial charge in [-0.15, -0.1) is 0 Å². The average molecular weight is 517 g/mol. The first-order chi connectivity index (χ1) is 15.4. The number of rotatable bonds is 3. The summed E-state index contributed by atoms with van der Waals surface area (Å²) in [6, 6.07) is 24.7. The molecule has 1 atom stereocenters. The van der Waals surface area contributed by atoms with E-state index < -0.39 is 23.0 Å². The summed E-state index contributed by atoms with van der Waals surface area (Å²) in [6.07, 6.45) is 0. The van der Waals surface area contributed by atoms with Gasteiger partial charge in [0.15, 0.2) is 0 Å². The molecule has 11 heteroatoms. The lowest BCUT2D eigenvalue weighted by Crippen LogP contribution is -2.73. The monoisotopic (exact) mass is 516 g/mol. The van der Waals surface area contributed by atoms with Crippen LogP contribution in [0.1, 0.15) is 11.1 Å². The maximum Gasteiger partial charge on any atom is 0.673 e. The Labute approximate surface area is 202 Å². The van der Waals surface area contributed by atoms with Gasteiger partial charge in [0, 0.05) is 10.0 Å². The minimum Gasteiger partial charge on any atom is -0.418 e. The number of para-hydroxylation sites is 1. The molecular formula is C22H19BCl2F4N2OS. The smallest absolute Gasteiger partial charge is 0.418 e. The number of likely N-dealkylation sites (N-methyl/N-ethyl adjacent to an activating group) is 1. The Hall–Kier alpha value is -2.20. The van der Waals surface area contributed by atoms with Crippen molar-refractivity contribution in [2.45, 2.75) is 4.75 Å². The van der Waals surface area contributed by atoms with Gasteiger partial charge in [0.25, 0.3) is 5.84 Å². The lowest BCUT2D eigenvalue weighted by molar-refractivity contribution is -0.674. The van der Waals surface area contributed by atoms with Crippen LogP contribution in [0.2, 0.25) is 10.0 Å². The maximum atomic E-state index is 13.7. The van der Waals surface area contributed by atoms with Crippen LogP contribution in [0.4, 0.5) is 23.0 Å². The van der Waals surface area contributed by atoms with Crippen LogP contribution < -0.4 is 0 Å². The summed E-state index contributed by atoms with van der Waals surface area (Å²) in [7, 11) is -3.46. The highest BCUT2D eigenvalue weighted by atomic mass is 35.5. The van der Waals surface area contributed by atoms with Crippen LogP contribution >= 0.6 is 23.2 Å². The number of aliphatic imine (C=N–C) groups is 1. The predicted octanol–water partition coefficient (Wildman–Crippen LogP) is 7.02. The van der Waals surface area contributed by atoms with Crippen molar-refractivity contribution in [2.24, 2.45) is 4.99 Å². The number of quaternary nitrogens is 1. The molecule has 3 nitrogen and oxygen atoms in total. The fourth-order valence-corrected chi connectivity index (χ4v) is 5.90. The number of hydrogen-bond acceptors (Lipinski definition) is 2. The van der Waals surface area contributed by atoms with Crippen LogP contribution in [-0.4, -0.2) is 35.3 Å². The lowest BCUT2D eigenvalue weighted by Gasteiger charge is -2.50. The quantitative estimate of drug-likeness (QED) is 0.209. The summed E-state index contributed by atoms with van der Waals surface area (Å²) in [6.45, 7) is 0. The van der Waals surface area contributed by atoms with E-state index in [2.05, 4.69) is 0 Å². The van der Waals surface area contributed by atoms with E-state index in [1.807, 2.05) is 93.0 Å². The van der Waals surface area contributed by atoms with Gasteiger partial charge in [-0.1, -0.05) is 65.7 Å². The molecule has 1 saturated heterocycles. The van der Waals surface area contributed by atoms with E-state index in [1.165, 1.54) is 0 Å². The summed E-state index contributed by atoms with van der Waals surface area (Å²) >= 11 is 12.2. The van der Waals surface area contributed by atoms with Crippen LogP contribution in [-0.2, 0) is 15.7 Å². The normalized spacial score (nSPS) is 19.9. The topological polar surface area (TPSA) is 29.4 Å². The van der Waals surface area contributed by atoms with Crippen LogP contribution in [0.25, 0.3) is 0 Å². The average Bonchev–Trinajstić information content (AvgIpc) is 2.75. The van der Waals surface area contributed by atoms with Crippen molar-refractivity contribution in [1.82, 2.24) is 0 Å². The first-order valence-electron chi connectivity index (χ1n) is 9.67. The van der Waals surface area contributed by atoms with Gasteiger partial charge >= 0.3 is 7.25 Å². The highest BCUT2D eigenvalue weighted by molar-refractivity contribution is 7.84. The maximum absolute atomic E-state index is 13.7. The number of hydrogen-bond donors (Lipinski definition) is 0. The summed E-state index contributed by atoms with van der Waals surface area (Å²) in [5, 5.41) is 1.27. The summed E-state index contributed by atoms with van der Waals surface area (Å²) in [4.78, 5) is 4.95. The largest absolute Gasteiger partial charge is 0.673 e. The third-order valence-electron chi connectivity index (χ3n) is 4.99. The zero-order valence-corrected chi connectivity index (χ0v) is 19.9. The molecule has 174 valence electrons. The van der Waals surface area contributed by atoms with Crippen molar-refractivity contribution in [3.63, 3.8) is 0 Å². The molecule has 0 bridgehead atoms. The summed E-state index contributed by atoms with van der Waals surface area (Å²) < 4.78 is 52.0. The molecule has 0 radical (unpaired) electrons. The SMILES string of the molecule is C[N+]1(C)C(=Nc2ccccc2)C(c2ccc(Cl)cc2)(c2ccc(Cl)cc2)S1=O.F[B-](F)(F)F. The van der Waals surface area contributed by atoms with Crippen LogP contribution in [0, 0.1) is 0 Å². The molecule has 1 fully saturated rings. The minimum absolute atomic E-state index is 0.195. The lowest BCUT2D eigenvalue weighted by atomic mass is 9.87. The standard InChI is InChI=1S/C22H19Cl2N2OS.BF4/c1-26(2)21(25-20-6-4-3-5-7-20)22(28(26)27,16-8-12-18(23)13-9-16)17-10-14-19(24)15-11-17;2-1(3,4)5/h3-15H,1-2H3;/q+1;-1. The second kappa shape index (κ2) is 9.58. The van der Waals surface area contributed by atoms with Crippen molar-refractivity contribution in [2.75, 3.05) is 14.1 Å². The molecule has 1 unspecified atom stereocenters. The van der Waals surface area contributed by atoms with Gasteiger partial charge in [0.2, 0.25) is 15.7 Å².